The average Bonchev–Trinajstić information content (AvgIpc) is 2.57. The molecule has 80 valence electrons. The SMILES string of the molecule is CCCCOC1Cc2ccccc2C1=O. The Morgan fingerprint density at radius 2 is 2.20 bits per heavy atom. The van der Waals surface area contributed by atoms with E-state index in [9.17, 15) is 4.79 Å². The van der Waals surface area contributed by atoms with Gasteiger partial charge in [0.2, 0.25) is 0 Å². The Morgan fingerprint density at radius 3 is 2.93 bits per heavy atom. The van der Waals surface area contributed by atoms with Crippen LogP contribution in [0.15, 0.2) is 24.3 Å². The van der Waals surface area contributed by atoms with Crippen LogP contribution in [-0.2, 0) is 11.2 Å². The summed E-state index contributed by atoms with van der Waals surface area (Å²) in [6.45, 7) is 2.81. The van der Waals surface area contributed by atoms with Crippen LogP contribution in [-0.4, -0.2) is 18.5 Å². The van der Waals surface area contributed by atoms with Gasteiger partial charge in [-0.1, -0.05) is 37.6 Å². The molecule has 1 unspecified atom stereocenters. The van der Waals surface area contributed by atoms with Crippen LogP contribution in [0.4, 0.5) is 0 Å². The summed E-state index contributed by atoms with van der Waals surface area (Å²) in [6.07, 6.45) is 2.65. The summed E-state index contributed by atoms with van der Waals surface area (Å²) < 4.78 is 5.59. The van der Waals surface area contributed by atoms with Crippen molar-refractivity contribution in [1.29, 1.82) is 0 Å². The summed E-state index contributed by atoms with van der Waals surface area (Å²) >= 11 is 0. The quantitative estimate of drug-likeness (QED) is 0.705. The summed E-state index contributed by atoms with van der Waals surface area (Å²) in [4.78, 5) is 11.9. The van der Waals surface area contributed by atoms with Gasteiger partial charge in [0.1, 0.15) is 6.10 Å². The first-order valence-electron chi connectivity index (χ1n) is 5.56. The number of rotatable bonds is 4. The number of benzene rings is 1. The minimum absolute atomic E-state index is 0.154. The van der Waals surface area contributed by atoms with Crippen molar-refractivity contribution in [3.8, 4) is 0 Å². The highest BCUT2D eigenvalue weighted by molar-refractivity contribution is 6.03. The van der Waals surface area contributed by atoms with Gasteiger partial charge in [-0.05, 0) is 12.0 Å². The highest BCUT2D eigenvalue weighted by atomic mass is 16.5. The molecular formula is C13H16O2. The average molecular weight is 204 g/mol. The lowest BCUT2D eigenvalue weighted by Gasteiger charge is -2.08. The van der Waals surface area contributed by atoms with E-state index in [4.69, 9.17) is 4.74 Å². The third kappa shape index (κ3) is 2.10. The maximum atomic E-state index is 11.9. The molecule has 0 saturated heterocycles. The highest BCUT2D eigenvalue weighted by Gasteiger charge is 2.30. The van der Waals surface area contributed by atoms with E-state index in [2.05, 4.69) is 6.92 Å². The fourth-order valence-corrected chi connectivity index (χ4v) is 1.91. The van der Waals surface area contributed by atoms with E-state index < -0.39 is 0 Å². The molecule has 0 N–H and O–H groups in total. The second-order valence-electron chi connectivity index (χ2n) is 3.94. The minimum Gasteiger partial charge on any atom is -0.370 e. The summed E-state index contributed by atoms with van der Waals surface area (Å²) in [6, 6.07) is 7.78. The molecule has 0 spiro atoms. The van der Waals surface area contributed by atoms with E-state index in [1.54, 1.807) is 0 Å². The molecule has 0 radical (unpaired) electrons. The van der Waals surface area contributed by atoms with Crippen LogP contribution < -0.4 is 0 Å². The summed E-state index contributed by atoms with van der Waals surface area (Å²) in [7, 11) is 0. The third-order valence-corrected chi connectivity index (χ3v) is 2.80. The molecule has 1 aliphatic rings. The van der Waals surface area contributed by atoms with Crippen LogP contribution in [0.1, 0.15) is 35.7 Å². The predicted octanol–water partition coefficient (Wildman–Crippen LogP) is 2.61. The highest BCUT2D eigenvalue weighted by Crippen LogP contribution is 2.23. The molecule has 0 heterocycles. The smallest absolute Gasteiger partial charge is 0.192 e. The van der Waals surface area contributed by atoms with E-state index in [-0.39, 0.29) is 11.9 Å². The van der Waals surface area contributed by atoms with Crippen LogP contribution in [0.3, 0.4) is 0 Å². The number of hydrogen-bond donors (Lipinski definition) is 0. The standard InChI is InChI=1S/C13H16O2/c1-2-3-8-15-12-9-10-6-4-5-7-11(10)13(12)14/h4-7,12H,2-3,8-9H2,1H3. The molecule has 0 amide bonds. The Bertz CT molecular complexity index is 357. The van der Waals surface area contributed by atoms with Crippen molar-refractivity contribution in [2.75, 3.05) is 6.61 Å². The number of carbonyl (C=O) groups is 1. The maximum Gasteiger partial charge on any atom is 0.192 e. The number of fused-ring (bicyclic) bond motifs is 1. The molecule has 15 heavy (non-hydrogen) atoms. The second-order valence-corrected chi connectivity index (χ2v) is 3.94. The third-order valence-electron chi connectivity index (χ3n) is 2.80. The Hall–Kier alpha value is -1.15. The lowest BCUT2D eigenvalue weighted by Crippen LogP contribution is -2.20. The summed E-state index contributed by atoms with van der Waals surface area (Å²) in [5, 5.41) is 0. The van der Waals surface area contributed by atoms with Crippen molar-refractivity contribution in [3.63, 3.8) is 0 Å². The molecule has 0 fully saturated rings. The first-order valence-corrected chi connectivity index (χ1v) is 5.56. The first-order chi connectivity index (χ1) is 7.33. The molecule has 2 rings (SSSR count). The van der Waals surface area contributed by atoms with Crippen molar-refractivity contribution in [1.82, 2.24) is 0 Å². The van der Waals surface area contributed by atoms with Gasteiger partial charge in [-0.25, -0.2) is 0 Å². The predicted molar refractivity (Wildman–Crippen MR) is 59.1 cm³/mol. The van der Waals surface area contributed by atoms with Crippen molar-refractivity contribution in [3.05, 3.63) is 35.4 Å². The Labute approximate surface area is 90.3 Å². The molecule has 0 aliphatic heterocycles. The number of Topliss-reactive ketones (excluding diaryl/α,β-unsaturated/α-hetero) is 1. The zero-order valence-corrected chi connectivity index (χ0v) is 9.03. The molecule has 1 aromatic rings. The Kier molecular flexibility index (Phi) is 3.17. The van der Waals surface area contributed by atoms with Gasteiger partial charge in [-0.2, -0.15) is 0 Å². The van der Waals surface area contributed by atoms with Crippen LogP contribution in [0.2, 0.25) is 0 Å². The van der Waals surface area contributed by atoms with E-state index in [0.717, 1.165) is 30.4 Å². The number of hydrogen-bond acceptors (Lipinski definition) is 2. The van der Waals surface area contributed by atoms with Gasteiger partial charge in [0.05, 0.1) is 0 Å². The van der Waals surface area contributed by atoms with Gasteiger partial charge in [0.15, 0.2) is 5.78 Å². The van der Waals surface area contributed by atoms with Gasteiger partial charge in [-0.3, -0.25) is 4.79 Å². The largest absolute Gasteiger partial charge is 0.370 e. The zero-order chi connectivity index (χ0) is 10.7. The monoisotopic (exact) mass is 204 g/mol. The zero-order valence-electron chi connectivity index (χ0n) is 9.03. The van der Waals surface area contributed by atoms with Gasteiger partial charge in [0.25, 0.3) is 0 Å². The maximum absolute atomic E-state index is 11.9. The molecule has 2 heteroatoms. The molecule has 1 atom stereocenters. The van der Waals surface area contributed by atoms with Crippen LogP contribution in [0.25, 0.3) is 0 Å². The van der Waals surface area contributed by atoms with Crippen molar-refractivity contribution in [2.45, 2.75) is 32.3 Å². The van der Waals surface area contributed by atoms with E-state index in [0.29, 0.717) is 6.61 Å². The summed E-state index contributed by atoms with van der Waals surface area (Å²) in [5.74, 6) is 0.154. The lowest BCUT2D eigenvalue weighted by molar-refractivity contribution is 0.0444. The molecule has 1 aliphatic carbocycles. The fourth-order valence-electron chi connectivity index (χ4n) is 1.91. The fraction of sp³-hybridized carbons (Fsp3) is 0.462. The van der Waals surface area contributed by atoms with E-state index >= 15 is 0 Å². The number of ketones is 1. The van der Waals surface area contributed by atoms with Crippen LogP contribution in [0, 0.1) is 0 Å². The first kappa shape index (κ1) is 10.4. The molecule has 0 saturated carbocycles. The molecule has 2 nitrogen and oxygen atoms in total. The van der Waals surface area contributed by atoms with Gasteiger partial charge in [0, 0.05) is 18.6 Å². The van der Waals surface area contributed by atoms with Gasteiger partial charge >= 0.3 is 0 Å². The van der Waals surface area contributed by atoms with Crippen LogP contribution >= 0.6 is 0 Å². The number of carbonyl (C=O) groups excluding carboxylic acids is 1. The second kappa shape index (κ2) is 4.58. The van der Waals surface area contributed by atoms with Gasteiger partial charge < -0.3 is 4.74 Å². The molecule has 0 aromatic heterocycles. The number of ether oxygens (including phenoxy) is 1. The van der Waals surface area contributed by atoms with Crippen LogP contribution in [0.5, 0.6) is 0 Å². The van der Waals surface area contributed by atoms with E-state index in [1.807, 2.05) is 24.3 Å². The normalized spacial score (nSPS) is 19.3. The summed E-state index contributed by atoms with van der Waals surface area (Å²) in [5.41, 5.74) is 1.97. The van der Waals surface area contributed by atoms with Crippen molar-refractivity contribution >= 4 is 5.78 Å². The van der Waals surface area contributed by atoms with Crippen molar-refractivity contribution in [2.24, 2.45) is 0 Å². The molecule has 0 bridgehead atoms. The Morgan fingerprint density at radius 1 is 1.40 bits per heavy atom. The molecule has 1 aromatic carbocycles. The molecular weight excluding hydrogens is 188 g/mol. The lowest BCUT2D eigenvalue weighted by atomic mass is 10.1. The number of unbranched alkanes of at least 4 members (excludes halogenated alkanes) is 1. The Balaban J connectivity index is 2.01. The minimum atomic E-state index is -0.228. The topological polar surface area (TPSA) is 26.3 Å². The van der Waals surface area contributed by atoms with E-state index in [1.165, 1.54) is 0 Å². The van der Waals surface area contributed by atoms with Crippen molar-refractivity contribution < 1.29 is 9.53 Å². The van der Waals surface area contributed by atoms with Gasteiger partial charge in [-0.15, -0.1) is 0 Å².